The number of carbonyl (C=O) groups is 2. The van der Waals surface area contributed by atoms with E-state index in [-0.39, 0.29) is 17.4 Å². The summed E-state index contributed by atoms with van der Waals surface area (Å²) in [4.78, 5) is 24.5. The van der Waals surface area contributed by atoms with Gasteiger partial charge in [-0.3, -0.25) is 4.90 Å². The third-order valence-electron chi connectivity index (χ3n) is 2.87. The van der Waals surface area contributed by atoms with Gasteiger partial charge in [0.25, 0.3) is 0 Å². The SMILES string of the molecule is COCCC(C)NC(=O)N1C(C)SCC1C(=O)O. The number of carboxylic acid groups (broad SMARTS) is 1. The molecule has 1 aliphatic heterocycles. The summed E-state index contributed by atoms with van der Waals surface area (Å²) in [6.07, 6.45) is 0.704. The maximum Gasteiger partial charge on any atom is 0.327 e. The van der Waals surface area contributed by atoms with Gasteiger partial charge >= 0.3 is 12.0 Å². The van der Waals surface area contributed by atoms with Crippen LogP contribution in [0, 0.1) is 0 Å². The average molecular weight is 276 g/mol. The number of hydrogen-bond donors (Lipinski definition) is 2. The lowest BCUT2D eigenvalue weighted by Crippen LogP contribution is -2.51. The second-order valence-corrected chi connectivity index (χ2v) is 5.67. The van der Waals surface area contributed by atoms with E-state index in [4.69, 9.17) is 9.84 Å². The number of nitrogens with one attached hydrogen (secondary N) is 1. The van der Waals surface area contributed by atoms with E-state index in [2.05, 4.69) is 5.32 Å². The van der Waals surface area contributed by atoms with E-state index < -0.39 is 12.0 Å². The first-order valence-corrected chi connectivity index (χ1v) is 6.94. The number of nitrogens with zero attached hydrogens (tertiary/aromatic N) is 1. The van der Waals surface area contributed by atoms with Crippen LogP contribution in [0.5, 0.6) is 0 Å². The highest BCUT2D eigenvalue weighted by molar-refractivity contribution is 8.00. The molecule has 0 bridgehead atoms. The first-order chi connectivity index (χ1) is 8.47. The summed E-state index contributed by atoms with van der Waals surface area (Å²) >= 11 is 1.47. The molecule has 1 saturated heterocycles. The molecule has 0 aromatic carbocycles. The van der Waals surface area contributed by atoms with Crippen LogP contribution in [0.25, 0.3) is 0 Å². The van der Waals surface area contributed by atoms with Crippen molar-refractivity contribution in [2.75, 3.05) is 19.5 Å². The molecule has 1 aliphatic rings. The van der Waals surface area contributed by atoms with Crippen LogP contribution in [-0.4, -0.2) is 58.9 Å². The number of hydrogen-bond acceptors (Lipinski definition) is 4. The van der Waals surface area contributed by atoms with E-state index >= 15 is 0 Å². The number of carbonyl (C=O) groups excluding carboxylic acids is 1. The molecule has 3 atom stereocenters. The Hall–Kier alpha value is -0.950. The van der Waals surface area contributed by atoms with Crippen LogP contribution < -0.4 is 5.32 Å². The third-order valence-corrected chi connectivity index (χ3v) is 4.08. The minimum atomic E-state index is -0.952. The molecule has 104 valence electrons. The Morgan fingerprint density at radius 1 is 1.61 bits per heavy atom. The van der Waals surface area contributed by atoms with Gasteiger partial charge < -0.3 is 15.2 Å². The molecule has 0 radical (unpaired) electrons. The van der Waals surface area contributed by atoms with Crippen molar-refractivity contribution in [3.05, 3.63) is 0 Å². The second-order valence-electron chi connectivity index (χ2n) is 4.33. The number of thioether (sulfide) groups is 1. The van der Waals surface area contributed by atoms with Gasteiger partial charge in [-0.05, 0) is 20.3 Å². The van der Waals surface area contributed by atoms with E-state index in [9.17, 15) is 9.59 Å². The molecule has 1 heterocycles. The van der Waals surface area contributed by atoms with Crippen molar-refractivity contribution in [2.45, 2.75) is 37.7 Å². The Kier molecular flexibility index (Phi) is 5.74. The normalized spacial score (nSPS) is 24.9. The van der Waals surface area contributed by atoms with E-state index in [0.29, 0.717) is 18.8 Å². The van der Waals surface area contributed by atoms with Crippen LogP contribution in [0.4, 0.5) is 4.79 Å². The largest absolute Gasteiger partial charge is 0.480 e. The minimum Gasteiger partial charge on any atom is -0.480 e. The van der Waals surface area contributed by atoms with Crippen molar-refractivity contribution in [1.29, 1.82) is 0 Å². The zero-order valence-electron chi connectivity index (χ0n) is 10.9. The number of ether oxygens (including phenoxy) is 1. The van der Waals surface area contributed by atoms with Crippen LogP contribution in [0.1, 0.15) is 20.3 Å². The van der Waals surface area contributed by atoms with Crippen molar-refractivity contribution >= 4 is 23.8 Å². The summed E-state index contributed by atoms with van der Waals surface area (Å²) in [5.41, 5.74) is 0. The van der Waals surface area contributed by atoms with E-state index in [1.165, 1.54) is 16.7 Å². The number of aliphatic carboxylic acids is 1. The molecule has 0 aromatic heterocycles. The van der Waals surface area contributed by atoms with Gasteiger partial charge in [-0.25, -0.2) is 9.59 Å². The molecular formula is C11H20N2O4S. The lowest BCUT2D eigenvalue weighted by atomic mass is 10.2. The van der Waals surface area contributed by atoms with Gasteiger partial charge in [0.05, 0.1) is 5.37 Å². The summed E-state index contributed by atoms with van der Waals surface area (Å²) in [5.74, 6) is -0.511. The molecule has 1 rings (SSSR count). The predicted molar refractivity (Wildman–Crippen MR) is 69.7 cm³/mol. The van der Waals surface area contributed by atoms with Crippen LogP contribution in [-0.2, 0) is 9.53 Å². The minimum absolute atomic E-state index is 0.0373. The van der Waals surface area contributed by atoms with Crippen LogP contribution in [0.2, 0.25) is 0 Å². The first-order valence-electron chi connectivity index (χ1n) is 5.89. The molecule has 6 nitrogen and oxygen atoms in total. The Morgan fingerprint density at radius 2 is 2.28 bits per heavy atom. The zero-order chi connectivity index (χ0) is 13.7. The van der Waals surface area contributed by atoms with Gasteiger partial charge in [0.2, 0.25) is 0 Å². The molecule has 1 fully saturated rings. The zero-order valence-corrected chi connectivity index (χ0v) is 11.7. The van der Waals surface area contributed by atoms with Crippen LogP contribution in [0.15, 0.2) is 0 Å². The summed E-state index contributed by atoms with van der Waals surface area (Å²) in [6, 6.07) is -1.09. The van der Waals surface area contributed by atoms with Gasteiger partial charge in [-0.15, -0.1) is 11.8 Å². The molecule has 3 unspecified atom stereocenters. The molecule has 0 saturated carbocycles. The Bertz CT molecular complexity index is 313. The molecular weight excluding hydrogens is 256 g/mol. The fourth-order valence-corrected chi connectivity index (χ4v) is 2.96. The van der Waals surface area contributed by atoms with Crippen molar-refractivity contribution in [2.24, 2.45) is 0 Å². The molecule has 0 aromatic rings. The Balaban J connectivity index is 2.55. The number of rotatable bonds is 5. The highest BCUT2D eigenvalue weighted by Gasteiger charge is 2.39. The monoisotopic (exact) mass is 276 g/mol. The van der Waals surface area contributed by atoms with Gasteiger partial charge in [-0.1, -0.05) is 0 Å². The Labute approximate surface area is 111 Å². The van der Waals surface area contributed by atoms with Gasteiger partial charge in [0.15, 0.2) is 0 Å². The molecule has 7 heteroatoms. The molecule has 0 aliphatic carbocycles. The fourth-order valence-electron chi connectivity index (χ4n) is 1.79. The smallest absolute Gasteiger partial charge is 0.327 e. The highest BCUT2D eigenvalue weighted by atomic mass is 32.2. The predicted octanol–water partition coefficient (Wildman–Crippen LogP) is 0.969. The average Bonchev–Trinajstić information content (AvgIpc) is 2.68. The summed E-state index contributed by atoms with van der Waals surface area (Å²) in [6.45, 7) is 4.28. The molecule has 0 spiro atoms. The Morgan fingerprint density at radius 3 is 2.83 bits per heavy atom. The number of urea groups is 1. The van der Waals surface area contributed by atoms with Gasteiger partial charge in [-0.2, -0.15) is 0 Å². The third kappa shape index (κ3) is 3.78. The van der Waals surface area contributed by atoms with Gasteiger partial charge in [0, 0.05) is 25.5 Å². The van der Waals surface area contributed by atoms with E-state index in [1.54, 1.807) is 7.11 Å². The van der Waals surface area contributed by atoms with Crippen molar-refractivity contribution < 1.29 is 19.4 Å². The fraction of sp³-hybridized carbons (Fsp3) is 0.818. The number of carboxylic acids is 1. The highest BCUT2D eigenvalue weighted by Crippen LogP contribution is 2.28. The summed E-state index contributed by atoms with van der Waals surface area (Å²) < 4.78 is 4.94. The molecule has 2 amide bonds. The second kappa shape index (κ2) is 6.84. The maximum atomic E-state index is 12.0. The summed E-state index contributed by atoms with van der Waals surface area (Å²) in [5, 5.41) is 11.8. The van der Waals surface area contributed by atoms with E-state index in [0.717, 1.165) is 0 Å². The van der Waals surface area contributed by atoms with Crippen LogP contribution in [0.3, 0.4) is 0 Å². The van der Waals surface area contributed by atoms with Crippen molar-refractivity contribution in [3.63, 3.8) is 0 Å². The van der Waals surface area contributed by atoms with Crippen molar-refractivity contribution in [3.8, 4) is 0 Å². The number of amides is 2. The first kappa shape index (κ1) is 15.1. The van der Waals surface area contributed by atoms with Crippen LogP contribution >= 0.6 is 11.8 Å². The lowest BCUT2D eigenvalue weighted by Gasteiger charge is -2.27. The topological polar surface area (TPSA) is 78.9 Å². The molecule has 2 N–H and O–H groups in total. The van der Waals surface area contributed by atoms with Gasteiger partial charge in [0.1, 0.15) is 6.04 Å². The van der Waals surface area contributed by atoms with E-state index in [1.807, 2.05) is 13.8 Å². The van der Waals surface area contributed by atoms with Crippen molar-refractivity contribution in [1.82, 2.24) is 10.2 Å². The maximum absolute atomic E-state index is 12.0. The lowest BCUT2D eigenvalue weighted by molar-refractivity contribution is -0.141. The molecule has 18 heavy (non-hydrogen) atoms. The number of methoxy groups -OCH3 is 1. The quantitative estimate of drug-likeness (QED) is 0.782. The standard InChI is InChI=1S/C11H20N2O4S/c1-7(4-5-17-3)12-11(16)13-8(2)18-6-9(13)10(14)15/h7-9H,4-6H2,1-3H3,(H,12,16)(H,14,15). The summed E-state index contributed by atoms with van der Waals surface area (Å²) in [7, 11) is 1.61.